The van der Waals surface area contributed by atoms with Crippen molar-refractivity contribution in [2.75, 3.05) is 6.79 Å². The molecule has 2 aliphatic carbocycles. The molecular weight excluding hydrogens is 264 g/mol. The van der Waals surface area contributed by atoms with Crippen molar-refractivity contribution in [3.63, 3.8) is 0 Å². The smallest absolute Gasteiger partial charge is 0.231 e. The quantitative estimate of drug-likeness (QED) is 0.732. The Morgan fingerprint density at radius 2 is 1.90 bits per heavy atom. The first-order valence-electron chi connectivity index (χ1n) is 7.96. The third-order valence-electron chi connectivity index (χ3n) is 5.08. The first kappa shape index (κ1) is 12.9. The number of benzene rings is 1. The summed E-state index contributed by atoms with van der Waals surface area (Å²) in [6.07, 6.45) is 8.99. The number of carbonyl (C=O) groups excluding carboxylic acids is 1. The molecule has 110 valence electrons. The van der Waals surface area contributed by atoms with E-state index in [1.54, 1.807) is 0 Å². The summed E-state index contributed by atoms with van der Waals surface area (Å²) in [6.45, 7) is 0.290. The van der Waals surface area contributed by atoms with Gasteiger partial charge in [0, 0.05) is 5.92 Å². The Kier molecular flexibility index (Phi) is 3.21. The van der Waals surface area contributed by atoms with E-state index in [1.165, 1.54) is 25.7 Å². The summed E-state index contributed by atoms with van der Waals surface area (Å²) in [5.41, 5.74) is 2.04. The average molecular weight is 284 g/mol. The summed E-state index contributed by atoms with van der Waals surface area (Å²) >= 11 is 0. The van der Waals surface area contributed by atoms with Gasteiger partial charge in [-0.25, -0.2) is 0 Å². The number of fused-ring (bicyclic) bond motifs is 2. The molecule has 0 saturated heterocycles. The van der Waals surface area contributed by atoms with Gasteiger partial charge < -0.3 is 9.47 Å². The number of Topliss-reactive ketones (excluding diaryl/α,β-unsaturated/α-hetero) is 1. The molecule has 3 aliphatic rings. The molecule has 4 rings (SSSR count). The lowest BCUT2D eigenvalue weighted by molar-refractivity contribution is -0.123. The maximum Gasteiger partial charge on any atom is 0.231 e. The Morgan fingerprint density at radius 3 is 2.86 bits per heavy atom. The summed E-state index contributed by atoms with van der Waals surface area (Å²) < 4.78 is 10.7. The molecule has 0 spiro atoms. The van der Waals surface area contributed by atoms with Gasteiger partial charge in [-0.15, -0.1) is 0 Å². The molecule has 1 heterocycles. The summed E-state index contributed by atoms with van der Waals surface area (Å²) in [4.78, 5) is 12.7. The molecule has 2 unspecified atom stereocenters. The van der Waals surface area contributed by atoms with Crippen LogP contribution in [0.3, 0.4) is 0 Å². The van der Waals surface area contributed by atoms with Crippen LogP contribution in [0.15, 0.2) is 23.8 Å². The van der Waals surface area contributed by atoms with Crippen LogP contribution >= 0.6 is 0 Å². The minimum atomic E-state index is 0.285. The van der Waals surface area contributed by atoms with E-state index in [2.05, 4.69) is 6.08 Å². The van der Waals surface area contributed by atoms with Crippen LogP contribution in [-0.2, 0) is 4.79 Å². The van der Waals surface area contributed by atoms with Crippen molar-refractivity contribution in [1.82, 2.24) is 0 Å². The van der Waals surface area contributed by atoms with Gasteiger partial charge in [-0.2, -0.15) is 0 Å². The fourth-order valence-electron chi connectivity index (χ4n) is 3.95. The van der Waals surface area contributed by atoms with Crippen LogP contribution in [0, 0.1) is 11.8 Å². The van der Waals surface area contributed by atoms with Gasteiger partial charge in [0.1, 0.15) is 0 Å². The molecule has 0 bridgehead atoms. The molecule has 2 saturated carbocycles. The summed E-state index contributed by atoms with van der Waals surface area (Å²) in [5, 5.41) is 0. The molecule has 0 aromatic heterocycles. The first-order chi connectivity index (χ1) is 10.3. The molecule has 0 N–H and O–H groups in total. The Morgan fingerprint density at radius 1 is 1.05 bits per heavy atom. The Bertz CT molecular complexity index is 602. The highest BCUT2D eigenvalue weighted by Crippen LogP contribution is 2.41. The average Bonchev–Trinajstić information content (AvgIpc) is 2.98. The van der Waals surface area contributed by atoms with Gasteiger partial charge in [0.2, 0.25) is 6.79 Å². The van der Waals surface area contributed by atoms with Gasteiger partial charge in [0.25, 0.3) is 0 Å². The summed E-state index contributed by atoms with van der Waals surface area (Å²) in [7, 11) is 0. The molecule has 21 heavy (non-hydrogen) atoms. The maximum atomic E-state index is 12.7. The molecule has 1 aromatic rings. The van der Waals surface area contributed by atoms with Gasteiger partial charge in [-0.05, 0) is 60.9 Å². The maximum absolute atomic E-state index is 12.7. The largest absolute Gasteiger partial charge is 0.454 e. The number of rotatable bonds is 1. The SMILES string of the molecule is O=C1/C(=C/c2ccc3c(c2)OCO3)CCC2CCCCC12. The van der Waals surface area contributed by atoms with Crippen LogP contribution in [0.5, 0.6) is 11.5 Å². The zero-order valence-electron chi connectivity index (χ0n) is 12.1. The van der Waals surface area contributed by atoms with E-state index < -0.39 is 0 Å². The molecule has 2 atom stereocenters. The number of carbonyl (C=O) groups is 1. The van der Waals surface area contributed by atoms with E-state index >= 15 is 0 Å². The fourth-order valence-corrected chi connectivity index (χ4v) is 3.95. The molecule has 3 heteroatoms. The molecule has 1 aromatic carbocycles. The van der Waals surface area contributed by atoms with Crippen LogP contribution in [0.1, 0.15) is 44.1 Å². The minimum absolute atomic E-state index is 0.285. The third-order valence-corrected chi connectivity index (χ3v) is 5.08. The highest BCUT2D eigenvalue weighted by molar-refractivity contribution is 6.02. The van der Waals surface area contributed by atoms with Crippen molar-refractivity contribution < 1.29 is 14.3 Å². The number of ether oxygens (including phenoxy) is 2. The van der Waals surface area contributed by atoms with Crippen LogP contribution in [0.25, 0.3) is 6.08 Å². The van der Waals surface area contributed by atoms with Gasteiger partial charge in [0.05, 0.1) is 0 Å². The van der Waals surface area contributed by atoms with Crippen LogP contribution < -0.4 is 9.47 Å². The second kappa shape index (κ2) is 5.21. The first-order valence-corrected chi connectivity index (χ1v) is 7.96. The zero-order chi connectivity index (χ0) is 14.2. The van der Waals surface area contributed by atoms with Crippen LogP contribution in [0.2, 0.25) is 0 Å². The monoisotopic (exact) mass is 284 g/mol. The van der Waals surface area contributed by atoms with E-state index in [0.717, 1.165) is 35.5 Å². The summed E-state index contributed by atoms with van der Waals surface area (Å²) in [5.74, 6) is 2.89. The third kappa shape index (κ3) is 2.35. The normalized spacial score (nSPS) is 29.5. The van der Waals surface area contributed by atoms with E-state index in [-0.39, 0.29) is 12.7 Å². The Labute approximate surface area is 124 Å². The van der Waals surface area contributed by atoms with E-state index in [0.29, 0.717) is 11.7 Å². The summed E-state index contributed by atoms with van der Waals surface area (Å²) in [6, 6.07) is 5.89. The zero-order valence-corrected chi connectivity index (χ0v) is 12.1. The molecule has 1 aliphatic heterocycles. The van der Waals surface area contributed by atoms with Crippen LogP contribution in [0.4, 0.5) is 0 Å². The second-order valence-electron chi connectivity index (χ2n) is 6.34. The molecule has 3 nitrogen and oxygen atoms in total. The lowest BCUT2D eigenvalue weighted by atomic mass is 9.68. The Hall–Kier alpha value is -1.77. The van der Waals surface area contributed by atoms with Crippen molar-refractivity contribution in [3.8, 4) is 11.5 Å². The van der Waals surface area contributed by atoms with E-state index in [4.69, 9.17) is 9.47 Å². The van der Waals surface area contributed by atoms with Gasteiger partial charge in [-0.1, -0.05) is 18.9 Å². The lowest BCUT2D eigenvalue weighted by Gasteiger charge is -2.35. The van der Waals surface area contributed by atoms with Crippen molar-refractivity contribution in [2.24, 2.45) is 11.8 Å². The van der Waals surface area contributed by atoms with Crippen LogP contribution in [-0.4, -0.2) is 12.6 Å². The molecule has 0 amide bonds. The van der Waals surface area contributed by atoms with Crippen molar-refractivity contribution in [2.45, 2.75) is 38.5 Å². The van der Waals surface area contributed by atoms with Gasteiger partial charge in [0.15, 0.2) is 17.3 Å². The number of hydrogen-bond donors (Lipinski definition) is 0. The predicted octanol–water partition coefficient (Wildman–Crippen LogP) is 3.97. The van der Waals surface area contributed by atoms with E-state index in [1.807, 2.05) is 18.2 Å². The number of hydrogen-bond acceptors (Lipinski definition) is 3. The molecule has 2 fully saturated rings. The van der Waals surface area contributed by atoms with Crippen molar-refractivity contribution >= 4 is 11.9 Å². The molecular formula is C18H20O3. The van der Waals surface area contributed by atoms with Gasteiger partial charge in [-0.3, -0.25) is 4.79 Å². The molecule has 0 radical (unpaired) electrons. The fraction of sp³-hybridized carbons (Fsp3) is 0.500. The second-order valence-corrected chi connectivity index (χ2v) is 6.34. The highest BCUT2D eigenvalue weighted by atomic mass is 16.7. The van der Waals surface area contributed by atoms with E-state index in [9.17, 15) is 4.79 Å². The van der Waals surface area contributed by atoms with Crippen molar-refractivity contribution in [1.29, 1.82) is 0 Å². The standard InChI is InChI=1S/C18H20O3/c19-18-14(7-6-13-3-1-2-4-15(13)18)9-12-5-8-16-17(10-12)21-11-20-16/h5,8-10,13,15H,1-4,6-7,11H2/b14-9+. The Balaban J connectivity index is 1.59. The lowest BCUT2D eigenvalue weighted by Crippen LogP contribution is -2.32. The minimum Gasteiger partial charge on any atom is -0.454 e. The number of ketones is 1. The predicted molar refractivity (Wildman–Crippen MR) is 80.2 cm³/mol. The topological polar surface area (TPSA) is 35.5 Å². The van der Waals surface area contributed by atoms with Crippen molar-refractivity contribution in [3.05, 3.63) is 29.3 Å². The van der Waals surface area contributed by atoms with Gasteiger partial charge >= 0.3 is 0 Å². The highest BCUT2D eigenvalue weighted by Gasteiger charge is 2.36. The number of allylic oxidation sites excluding steroid dienone is 1.